The molecule has 0 aliphatic carbocycles. The minimum atomic E-state index is -0.0407. The molecule has 2 aliphatic rings. The Balaban J connectivity index is 1.95. The van der Waals surface area contributed by atoms with E-state index in [0.717, 1.165) is 44.0 Å². The number of hydrogen-bond acceptors (Lipinski definition) is 4. The molecule has 4 heteroatoms. The van der Waals surface area contributed by atoms with Crippen molar-refractivity contribution >= 4 is 0 Å². The number of benzene rings is 1. The van der Waals surface area contributed by atoms with Gasteiger partial charge in [-0.05, 0) is 19.7 Å². The molecule has 2 unspecified atom stereocenters. The van der Waals surface area contributed by atoms with Crippen molar-refractivity contribution in [1.29, 1.82) is 0 Å². The molecule has 2 heterocycles. The zero-order valence-corrected chi connectivity index (χ0v) is 12.6. The van der Waals surface area contributed by atoms with Crippen LogP contribution in [0.5, 0.6) is 11.5 Å². The van der Waals surface area contributed by atoms with Crippen LogP contribution < -0.4 is 14.8 Å². The van der Waals surface area contributed by atoms with Crippen molar-refractivity contribution < 1.29 is 9.47 Å². The van der Waals surface area contributed by atoms with Crippen molar-refractivity contribution in [3.63, 3.8) is 0 Å². The third-order valence-corrected chi connectivity index (χ3v) is 4.46. The van der Waals surface area contributed by atoms with Gasteiger partial charge in [0, 0.05) is 43.6 Å². The molecule has 0 aromatic heterocycles. The molecule has 2 aliphatic heterocycles. The van der Waals surface area contributed by atoms with Crippen LogP contribution in [-0.4, -0.2) is 44.3 Å². The minimum absolute atomic E-state index is 0.0407. The highest BCUT2D eigenvalue weighted by Crippen LogP contribution is 2.44. The van der Waals surface area contributed by atoms with Crippen LogP contribution in [0.1, 0.15) is 31.4 Å². The molecule has 20 heavy (non-hydrogen) atoms. The third kappa shape index (κ3) is 2.38. The summed E-state index contributed by atoms with van der Waals surface area (Å²) in [6.07, 6.45) is 2.15. The SMILES string of the molecule is CCNC1CC2(CCN(C)C2)Oc2cc(OC)ccc21. The van der Waals surface area contributed by atoms with Gasteiger partial charge in [-0.15, -0.1) is 0 Å². The molecule has 0 saturated carbocycles. The summed E-state index contributed by atoms with van der Waals surface area (Å²) in [6.45, 7) is 5.25. The van der Waals surface area contributed by atoms with E-state index in [1.54, 1.807) is 7.11 Å². The summed E-state index contributed by atoms with van der Waals surface area (Å²) in [6, 6.07) is 6.55. The van der Waals surface area contributed by atoms with Crippen molar-refractivity contribution in [2.75, 3.05) is 33.8 Å². The lowest BCUT2D eigenvalue weighted by atomic mass is 9.86. The molecule has 3 rings (SSSR count). The Morgan fingerprint density at radius 3 is 3.00 bits per heavy atom. The molecule has 1 saturated heterocycles. The van der Waals surface area contributed by atoms with Crippen LogP contribution >= 0.6 is 0 Å². The molecule has 1 aromatic carbocycles. The number of rotatable bonds is 3. The fourth-order valence-corrected chi connectivity index (χ4v) is 3.50. The van der Waals surface area contributed by atoms with Crippen LogP contribution in [0.25, 0.3) is 0 Å². The van der Waals surface area contributed by atoms with Gasteiger partial charge in [-0.1, -0.05) is 13.0 Å². The Morgan fingerprint density at radius 2 is 2.35 bits per heavy atom. The average molecular weight is 276 g/mol. The fourth-order valence-electron chi connectivity index (χ4n) is 3.50. The van der Waals surface area contributed by atoms with Crippen molar-refractivity contribution in [3.8, 4) is 11.5 Å². The molecule has 0 bridgehead atoms. The quantitative estimate of drug-likeness (QED) is 0.917. The summed E-state index contributed by atoms with van der Waals surface area (Å²) in [5, 5.41) is 3.60. The number of fused-ring (bicyclic) bond motifs is 1. The van der Waals surface area contributed by atoms with Gasteiger partial charge in [-0.25, -0.2) is 0 Å². The van der Waals surface area contributed by atoms with Gasteiger partial charge in [-0.3, -0.25) is 0 Å². The maximum Gasteiger partial charge on any atom is 0.128 e. The average Bonchev–Trinajstić information content (AvgIpc) is 2.79. The minimum Gasteiger partial charge on any atom is -0.497 e. The predicted molar refractivity (Wildman–Crippen MR) is 79.5 cm³/mol. The van der Waals surface area contributed by atoms with E-state index in [9.17, 15) is 0 Å². The van der Waals surface area contributed by atoms with Gasteiger partial charge in [0.05, 0.1) is 7.11 Å². The summed E-state index contributed by atoms with van der Waals surface area (Å²) in [5.41, 5.74) is 1.22. The number of nitrogens with one attached hydrogen (secondary N) is 1. The van der Waals surface area contributed by atoms with E-state index in [0.29, 0.717) is 6.04 Å². The lowest BCUT2D eigenvalue weighted by molar-refractivity contribution is 0.0408. The van der Waals surface area contributed by atoms with Crippen molar-refractivity contribution in [2.45, 2.75) is 31.4 Å². The molecule has 4 nitrogen and oxygen atoms in total. The zero-order chi connectivity index (χ0) is 14.2. The van der Waals surface area contributed by atoms with Gasteiger partial charge in [-0.2, -0.15) is 0 Å². The van der Waals surface area contributed by atoms with E-state index in [-0.39, 0.29) is 5.60 Å². The van der Waals surface area contributed by atoms with Crippen molar-refractivity contribution in [2.24, 2.45) is 0 Å². The van der Waals surface area contributed by atoms with E-state index in [4.69, 9.17) is 9.47 Å². The monoisotopic (exact) mass is 276 g/mol. The molecule has 110 valence electrons. The largest absolute Gasteiger partial charge is 0.497 e. The Labute approximate surface area is 121 Å². The molecular formula is C16H24N2O2. The second-order valence-corrected chi connectivity index (χ2v) is 5.99. The van der Waals surface area contributed by atoms with Crippen LogP contribution in [0.2, 0.25) is 0 Å². The van der Waals surface area contributed by atoms with Gasteiger partial charge in [0.25, 0.3) is 0 Å². The Hall–Kier alpha value is -1.26. The standard InChI is InChI=1S/C16H24N2O2/c1-4-17-14-10-16(7-8-18(2)11-16)20-15-9-12(19-3)5-6-13(14)15/h5-6,9,14,17H,4,7-8,10-11H2,1-3H3. The zero-order valence-electron chi connectivity index (χ0n) is 12.6. The first-order chi connectivity index (χ1) is 9.65. The summed E-state index contributed by atoms with van der Waals surface area (Å²) in [7, 11) is 3.87. The summed E-state index contributed by atoms with van der Waals surface area (Å²) >= 11 is 0. The van der Waals surface area contributed by atoms with Gasteiger partial charge < -0.3 is 19.7 Å². The number of hydrogen-bond donors (Lipinski definition) is 1. The molecule has 1 spiro atoms. The van der Waals surface area contributed by atoms with Crippen molar-refractivity contribution in [3.05, 3.63) is 23.8 Å². The molecule has 0 amide bonds. The lowest BCUT2D eigenvalue weighted by Crippen LogP contribution is -2.45. The van der Waals surface area contributed by atoms with Crippen molar-refractivity contribution in [1.82, 2.24) is 10.2 Å². The first-order valence-corrected chi connectivity index (χ1v) is 7.45. The summed E-state index contributed by atoms with van der Waals surface area (Å²) in [5.74, 6) is 1.85. The van der Waals surface area contributed by atoms with Crippen LogP contribution in [0.3, 0.4) is 0 Å². The Kier molecular flexibility index (Phi) is 3.61. The van der Waals surface area contributed by atoms with Gasteiger partial charge >= 0.3 is 0 Å². The normalized spacial score (nSPS) is 29.2. The van der Waals surface area contributed by atoms with E-state index in [2.05, 4.69) is 30.3 Å². The highest BCUT2D eigenvalue weighted by atomic mass is 16.5. The van der Waals surface area contributed by atoms with E-state index >= 15 is 0 Å². The topological polar surface area (TPSA) is 33.7 Å². The van der Waals surface area contributed by atoms with Gasteiger partial charge in [0.2, 0.25) is 0 Å². The number of methoxy groups -OCH3 is 1. The van der Waals surface area contributed by atoms with Crippen LogP contribution in [-0.2, 0) is 0 Å². The Morgan fingerprint density at radius 1 is 1.50 bits per heavy atom. The maximum absolute atomic E-state index is 6.41. The molecule has 2 atom stereocenters. The number of ether oxygens (including phenoxy) is 2. The van der Waals surface area contributed by atoms with Gasteiger partial charge in [0.1, 0.15) is 17.1 Å². The summed E-state index contributed by atoms with van der Waals surface area (Å²) < 4.78 is 11.7. The molecule has 1 fully saturated rings. The fraction of sp³-hybridized carbons (Fsp3) is 0.625. The second kappa shape index (κ2) is 5.26. The van der Waals surface area contributed by atoms with Crippen LogP contribution in [0.4, 0.5) is 0 Å². The van der Waals surface area contributed by atoms with E-state index in [1.165, 1.54) is 5.56 Å². The van der Waals surface area contributed by atoms with E-state index < -0.39 is 0 Å². The van der Waals surface area contributed by atoms with E-state index in [1.807, 2.05) is 12.1 Å². The van der Waals surface area contributed by atoms with Crippen LogP contribution in [0, 0.1) is 0 Å². The number of nitrogens with zero attached hydrogens (tertiary/aromatic N) is 1. The van der Waals surface area contributed by atoms with Crippen LogP contribution in [0.15, 0.2) is 18.2 Å². The first kappa shape index (κ1) is 13.7. The van der Waals surface area contributed by atoms with Gasteiger partial charge in [0.15, 0.2) is 0 Å². The predicted octanol–water partition coefficient (Wildman–Crippen LogP) is 2.20. The highest BCUT2D eigenvalue weighted by molar-refractivity contribution is 5.45. The number of likely N-dealkylation sites (N-methyl/N-ethyl adjacent to an activating group) is 1. The Bertz CT molecular complexity index is 491. The first-order valence-electron chi connectivity index (χ1n) is 7.45. The molecule has 1 aromatic rings. The third-order valence-electron chi connectivity index (χ3n) is 4.46. The molecule has 1 N–H and O–H groups in total. The second-order valence-electron chi connectivity index (χ2n) is 5.99. The maximum atomic E-state index is 6.41. The smallest absolute Gasteiger partial charge is 0.128 e. The number of likely N-dealkylation sites (tertiary alicyclic amines) is 1. The molecular weight excluding hydrogens is 252 g/mol. The highest BCUT2D eigenvalue weighted by Gasteiger charge is 2.44. The summed E-state index contributed by atoms with van der Waals surface area (Å²) in [4.78, 5) is 2.36. The lowest BCUT2D eigenvalue weighted by Gasteiger charge is -2.40. The molecule has 0 radical (unpaired) electrons.